The Kier molecular flexibility index (Phi) is 8.42. The molecule has 0 atom stereocenters. The van der Waals surface area contributed by atoms with Gasteiger partial charge in [0, 0.05) is 25.8 Å². The standard InChI is InChI=1S/C22H31N5O2/c23-19-6-2-3-7-20(19)26-22(28)21-9-8-18(17-25-21)16-24-10-4-1-5-11-27-12-14-29-15-13-27/h2-3,6-9,17,24H,1,4-5,10-16,23H2,(H,26,28). The number of hydrogen-bond acceptors (Lipinski definition) is 6. The normalized spacial score (nSPS) is 14.6. The van der Waals surface area contributed by atoms with Gasteiger partial charge in [-0.1, -0.05) is 24.6 Å². The van der Waals surface area contributed by atoms with Crippen molar-refractivity contribution in [2.45, 2.75) is 25.8 Å². The van der Waals surface area contributed by atoms with Crippen molar-refractivity contribution in [2.24, 2.45) is 0 Å². The van der Waals surface area contributed by atoms with Gasteiger partial charge in [-0.2, -0.15) is 0 Å². The molecular formula is C22H31N5O2. The van der Waals surface area contributed by atoms with Gasteiger partial charge in [0.1, 0.15) is 5.69 Å². The van der Waals surface area contributed by atoms with Crippen LogP contribution < -0.4 is 16.4 Å². The molecule has 0 unspecified atom stereocenters. The molecule has 0 bridgehead atoms. The Labute approximate surface area is 172 Å². The van der Waals surface area contributed by atoms with Gasteiger partial charge >= 0.3 is 0 Å². The minimum Gasteiger partial charge on any atom is -0.397 e. The number of nitrogens with two attached hydrogens (primary N) is 1. The molecule has 0 saturated carbocycles. The molecule has 1 aliphatic rings. The highest BCUT2D eigenvalue weighted by molar-refractivity contribution is 6.04. The lowest BCUT2D eigenvalue weighted by molar-refractivity contribution is 0.0371. The summed E-state index contributed by atoms with van der Waals surface area (Å²) >= 11 is 0. The number of aromatic nitrogens is 1. The van der Waals surface area contributed by atoms with Crippen LogP contribution in [0.4, 0.5) is 11.4 Å². The predicted molar refractivity (Wildman–Crippen MR) is 116 cm³/mol. The van der Waals surface area contributed by atoms with E-state index in [0.717, 1.165) is 51.4 Å². The molecule has 1 amide bonds. The van der Waals surface area contributed by atoms with E-state index in [-0.39, 0.29) is 5.91 Å². The van der Waals surface area contributed by atoms with E-state index in [9.17, 15) is 4.79 Å². The number of anilines is 2. The van der Waals surface area contributed by atoms with E-state index in [2.05, 4.69) is 20.5 Å². The zero-order valence-corrected chi connectivity index (χ0v) is 16.9. The molecule has 1 aliphatic heterocycles. The fraction of sp³-hybridized carbons (Fsp3) is 0.455. The van der Waals surface area contributed by atoms with Crippen LogP contribution in [0.2, 0.25) is 0 Å². The smallest absolute Gasteiger partial charge is 0.274 e. The average molecular weight is 398 g/mol. The molecule has 0 aliphatic carbocycles. The summed E-state index contributed by atoms with van der Waals surface area (Å²) in [5.41, 5.74) is 8.43. The van der Waals surface area contributed by atoms with Gasteiger partial charge in [-0.05, 0) is 49.7 Å². The molecule has 1 fully saturated rings. The van der Waals surface area contributed by atoms with Gasteiger partial charge in [0.15, 0.2) is 0 Å². The molecule has 4 N–H and O–H groups in total. The lowest BCUT2D eigenvalue weighted by atomic mass is 10.2. The minimum atomic E-state index is -0.261. The molecule has 0 radical (unpaired) electrons. The fourth-order valence-electron chi connectivity index (χ4n) is 3.28. The summed E-state index contributed by atoms with van der Waals surface area (Å²) < 4.78 is 5.37. The Morgan fingerprint density at radius 2 is 1.93 bits per heavy atom. The summed E-state index contributed by atoms with van der Waals surface area (Å²) in [7, 11) is 0. The van der Waals surface area contributed by atoms with Crippen LogP contribution in [-0.2, 0) is 11.3 Å². The van der Waals surface area contributed by atoms with E-state index in [1.54, 1.807) is 24.4 Å². The fourth-order valence-corrected chi connectivity index (χ4v) is 3.28. The second-order valence-electron chi connectivity index (χ2n) is 7.28. The predicted octanol–water partition coefficient (Wildman–Crippen LogP) is 2.51. The van der Waals surface area contributed by atoms with Crippen molar-refractivity contribution in [3.8, 4) is 0 Å². The molecule has 156 valence electrons. The van der Waals surface area contributed by atoms with Crippen LogP contribution in [0, 0.1) is 0 Å². The van der Waals surface area contributed by atoms with E-state index in [1.165, 1.54) is 19.4 Å². The number of nitrogens with one attached hydrogen (secondary N) is 2. The third kappa shape index (κ3) is 7.12. The van der Waals surface area contributed by atoms with E-state index >= 15 is 0 Å². The monoisotopic (exact) mass is 397 g/mol. The van der Waals surface area contributed by atoms with Crippen LogP contribution >= 0.6 is 0 Å². The van der Waals surface area contributed by atoms with Crippen molar-refractivity contribution < 1.29 is 9.53 Å². The van der Waals surface area contributed by atoms with Gasteiger partial charge in [-0.25, -0.2) is 0 Å². The van der Waals surface area contributed by atoms with Crippen molar-refractivity contribution in [1.29, 1.82) is 0 Å². The molecular weight excluding hydrogens is 366 g/mol. The Morgan fingerprint density at radius 1 is 1.10 bits per heavy atom. The number of pyridine rings is 1. The van der Waals surface area contributed by atoms with Gasteiger partial charge in [-0.3, -0.25) is 14.7 Å². The lowest BCUT2D eigenvalue weighted by Gasteiger charge is -2.26. The highest BCUT2D eigenvalue weighted by Crippen LogP contribution is 2.17. The number of rotatable bonds is 10. The number of hydrogen-bond donors (Lipinski definition) is 3. The number of para-hydroxylation sites is 2. The maximum atomic E-state index is 12.3. The second kappa shape index (κ2) is 11.5. The summed E-state index contributed by atoms with van der Waals surface area (Å²) in [6, 6.07) is 10.9. The van der Waals surface area contributed by atoms with Gasteiger partial charge in [0.25, 0.3) is 5.91 Å². The topological polar surface area (TPSA) is 92.5 Å². The summed E-state index contributed by atoms with van der Waals surface area (Å²) in [4.78, 5) is 19.1. The molecule has 0 spiro atoms. The zero-order valence-electron chi connectivity index (χ0n) is 16.9. The quantitative estimate of drug-likeness (QED) is 0.421. The lowest BCUT2D eigenvalue weighted by Crippen LogP contribution is -2.36. The molecule has 29 heavy (non-hydrogen) atoms. The molecule has 3 rings (SSSR count). The number of nitrogen functional groups attached to an aromatic ring is 1. The Bertz CT molecular complexity index is 760. The Balaban J connectivity index is 1.31. The van der Waals surface area contributed by atoms with Crippen LogP contribution in [0.1, 0.15) is 35.3 Å². The molecule has 1 saturated heterocycles. The largest absolute Gasteiger partial charge is 0.397 e. The summed E-state index contributed by atoms with van der Waals surface area (Å²) in [6.07, 6.45) is 5.37. The third-order valence-electron chi connectivity index (χ3n) is 5.03. The molecule has 1 aromatic heterocycles. The molecule has 1 aromatic carbocycles. The number of amides is 1. The van der Waals surface area contributed by atoms with Crippen LogP contribution in [-0.4, -0.2) is 55.2 Å². The first-order chi connectivity index (χ1) is 14.2. The number of unbranched alkanes of at least 4 members (excludes halogenated alkanes) is 2. The molecule has 7 heteroatoms. The van der Waals surface area contributed by atoms with Crippen LogP contribution in [0.25, 0.3) is 0 Å². The number of carbonyl (C=O) groups excluding carboxylic acids is 1. The van der Waals surface area contributed by atoms with E-state index in [0.29, 0.717) is 17.1 Å². The van der Waals surface area contributed by atoms with Crippen LogP contribution in [0.5, 0.6) is 0 Å². The molecule has 2 heterocycles. The summed E-state index contributed by atoms with van der Waals surface area (Å²) in [6.45, 7) is 6.79. The number of ether oxygens (including phenoxy) is 1. The maximum absolute atomic E-state index is 12.3. The van der Waals surface area contributed by atoms with E-state index in [4.69, 9.17) is 10.5 Å². The highest BCUT2D eigenvalue weighted by Gasteiger charge is 2.10. The average Bonchev–Trinajstić information content (AvgIpc) is 2.76. The summed E-state index contributed by atoms with van der Waals surface area (Å²) in [5, 5.41) is 6.23. The second-order valence-corrected chi connectivity index (χ2v) is 7.28. The summed E-state index contributed by atoms with van der Waals surface area (Å²) in [5.74, 6) is -0.261. The van der Waals surface area contributed by atoms with E-state index in [1.807, 2.05) is 18.2 Å². The maximum Gasteiger partial charge on any atom is 0.274 e. The van der Waals surface area contributed by atoms with Gasteiger partial charge < -0.3 is 21.1 Å². The Morgan fingerprint density at radius 3 is 2.69 bits per heavy atom. The van der Waals surface area contributed by atoms with Crippen molar-refractivity contribution >= 4 is 17.3 Å². The number of morpholine rings is 1. The SMILES string of the molecule is Nc1ccccc1NC(=O)c1ccc(CNCCCCCN2CCOCC2)cn1. The Hall–Kier alpha value is -2.48. The van der Waals surface area contributed by atoms with Crippen LogP contribution in [0.15, 0.2) is 42.6 Å². The van der Waals surface area contributed by atoms with E-state index < -0.39 is 0 Å². The van der Waals surface area contributed by atoms with Crippen LogP contribution in [0.3, 0.4) is 0 Å². The van der Waals surface area contributed by atoms with Crippen molar-refractivity contribution in [3.05, 3.63) is 53.9 Å². The van der Waals surface area contributed by atoms with Gasteiger partial charge in [0.05, 0.1) is 24.6 Å². The zero-order chi connectivity index (χ0) is 20.3. The van der Waals surface area contributed by atoms with Gasteiger partial charge in [0.2, 0.25) is 0 Å². The number of carbonyl (C=O) groups is 1. The molecule has 2 aromatic rings. The number of nitrogens with zero attached hydrogens (tertiary/aromatic N) is 2. The number of benzene rings is 1. The highest BCUT2D eigenvalue weighted by atomic mass is 16.5. The first-order valence-electron chi connectivity index (χ1n) is 10.3. The van der Waals surface area contributed by atoms with Gasteiger partial charge in [-0.15, -0.1) is 0 Å². The van der Waals surface area contributed by atoms with Crippen molar-refractivity contribution in [1.82, 2.24) is 15.2 Å². The van der Waals surface area contributed by atoms with Crippen molar-refractivity contribution in [3.63, 3.8) is 0 Å². The minimum absolute atomic E-state index is 0.261. The first-order valence-corrected chi connectivity index (χ1v) is 10.3. The molecule has 7 nitrogen and oxygen atoms in total. The third-order valence-corrected chi connectivity index (χ3v) is 5.03. The van der Waals surface area contributed by atoms with Crippen molar-refractivity contribution in [2.75, 3.05) is 50.4 Å². The first kappa shape index (κ1) is 21.2.